The highest BCUT2D eigenvalue weighted by atomic mass is 79.9. The third-order valence-corrected chi connectivity index (χ3v) is 5.41. The molecule has 1 unspecified atom stereocenters. The molecule has 0 aliphatic heterocycles. The number of carbonyl (C=O) groups excluding carboxylic acids is 2. The van der Waals surface area contributed by atoms with Crippen molar-refractivity contribution < 1.29 is 9.59 Å². The van der Waals surface area contributed by atoms with Gasteiger partial charge in [0.2, 0.25) is 5.91 Å². The molecule has 3 rings (SSSR count). The molecular weight excluding hydrogens is 428 g/mol. The van der Waals surface area contributed by atoms with E-state index in [1.54, 1.807) is 0 Å². The highest BCUT2D eigenvalue weighted by Gasteiger charge is 2.24. The Balaban J connectivity index is 1.97. The second kappa shape index (κ2) is 9.52. The lowest BCUT2D eigenvalue weighted by Gasteiger charge is -2.30. The predicted octanol–water partition coefficient (Wildman–Crippen LogP) is 5.81. The fourth-order valence-corrected chi connectivity index (χ4v) is 3.67. The van der Waals surface area contributed by atoms with Crippen molar-refractivity contribution in [2.75, 3.05) is 5.32 Å². The van der Waals surface area contributed by atoms with Gasteiger partial charge in [0.05, 0.1) is 11.6 Å². The number of nitrogens with zero attached hydrogens (tertiary/aromatic N) is 1. The van der Waals surface area contributed by atoms with Crippen LogP contribution in [0.1, 0.15) is 41.4 Å². The maximum atomic E-state index is 13.5. The average molecular weight is 451 g/mol. The zero-order valence-corrected chi connectivity index (χ0v) is 18.0. The summed E-state index contributed by atoms with van der Waals surface area (Å²) in [5.41, 5.74) is 3.34. The van der Waals surface area contributed by atoms with Crippen LogP contribution < -0.4 is 5.32 Å². The minimum Gasteiger partial charge on any atom is -0.328 e. The third kappa shape index (κ3) is 5.33. The summed E-state index contributed by atoms with van der Waals surface area (Å²) >= 11 is 3.50. The molecule has 2 amide bonds. The topological polar surface area (TPSA) is 49.4 Å². The SMILES string of the molecule is CC(=O)Nc1cccc(C(C)N(Cc2ccccc2)C(=O)c2ccccc2Br)c1. The summed E-state index contributed by atoms with van der Waals surface area (Å²) in [4.78, 5) is 26.7. The molecule has 29 heavy (non-hydrogen) atoms. The molecule has 0 spiro atoms. The first-order valence-electron chi connectivity index (χ1n) is 9.42. The van der Waals surface area contributed by atoms with Gasteiger partial charge in [-0.2, -0.15) is 0 Å². The van der Waals surface area contributed by atoms with E-state index in [2.05, 4.69) is 21.2 Å². The zero-order valence-electron chi connectivity index (χ0n) is 16.4. The van der Waals surface area contributed by atoms with Crippen molar-refractivity contribution in [3.05, 3.63) is 100 Å². The number of hydrogen-bond acceptors (Lipinski definition) is 2. The molecule has 0 saturated carbocycles. The van der Waals surface area contributed by atoms with Crippen molar-refractivity contribution in [3.8, 4) is 0 Å². The van der Waals surface area contributed by atoms with Crippen molar-refractivity contribution >= 4 is 33.4 Å². The Morgan fingerprint density at radius 3 is 2.34 bits per heavy atom. The number of amides is 2. The van der Waals surface area contributed by atoms with Crippen molar-refractivity contribution in [1.82, 2.24) is 4.90 Å². The van der Waals surface area contributed by atoms with E-state index < -0.39 is 0 Å². The van der Waals surface area contributed by atoms with Gasteiger partial charge in [-0.15, -0.1) is 0 Å². The molecule has 0 heterocycles. The number of rotatable bonds is 6. The van der Waals surface area contributed by atoms with E-state index in [4.69, 9.17) is 0 Å². The van der Waals surface area contributed by atoms with E-state index in [9.17, 15) is 9.59 Å². The summed E-state index contributed by atoms with van der Waals surface area (Å²) in [6.07, 6.45) is 0. The number of benzene rings is 3. The Morgan fingerprint density at radius 1 is 0.966 bits per heavy atom. The molecule has 0 aromatic heterocycles. The van der Waals surface area contributed by atoms with E-state index in [1.165, 1.54) is 6.92 Å². The summed E-state index contributed by atoms with van der Waals surface area (Å²) in [7, 11) is 0. The second-order valence-electron chi connectivity index (χ2n) is 6.88. The monoisotopic (exact) mass is 450 g/mol. The predicted molar refractivity (Wildman–Crippen MR) is 120 cm³/mol. The Hall–Kier alpha value is -2.92. The summed E-state index contributed by atoms with van der Waals surface area (Å²) in [6, 6.07) is 24.8. The smallest absolute Gasteiger partial charge is 0.255 e. The number of hydrogen-bond donors (Lipinski definition) is 1. The van der Waals surface area contributed by atoms with Crippen molar-refractivity contribution in [2.45, 2.75) is 26.4 Å². The van der Waals surface area contributed by atoms with Crippen LogP contribution in [-0.4, -0.2) is 16.7 Å². The zero-order chi connectivity index (χ0) is 20.8. The third-order valence-electron chi connectivity index (χ3n) is 4.72. The van der Waals surface area contributed by atoms with Crippen LogP contribution in [0, 0.1) is 0 Å². The van der Waals surface area contributed by atoms with Crippen LogP contribution in [0.15, 0.2) is 83.3 Å². The Kier molecular flexibility index (Phi) is 6.83. The van der Waals surface area contributed by atoms with Crippen LogP contribution in [0.3, 0.4) is 0 Å². The number of carbonyl (C=O) groups is 2. The lowest BCUT2D eigenvalue weighted by atomic mass is 10.0. The molecule has 1 N–H and O–H groups in total. The molecule has 3 aromatic carbocycles. The van der Waals surface area contributed by atoms with E-state index in [0.717, 1.165) is 21.3 Å². The average Bonchev–Trinajstić information content (AvgIpc) is 2.72. The van der Waals surface area contributed by atoms with Gasteiger partial charge in [0, 0.05) is 23.6 Å². The minimum absolute atomic E-state index is 0.0567. The van der Waals surface area contributed by atoms with Crippen LogP contribution >= 0.6 is 15.9 Å². The lowest BCUT2D eigenvalue weighted by Crippen LogP contribution is -2.33. The molecule has 4 nitrogen and oxygen atoms in total. The van der Waals surface area contributed by atoms with E-state index in [1.807, 2.05) is 90.7 Å². The van der Waals surface area contributed by atoms with E-state index >= 15 is 0 Å². The van der Waals surface area contributed by atoms with Crippen LogP contribution in [0.25, 0.3) is 0 Å². The van der Waals surface area contributed by atoms with Gasteiger partial charge in [0.1, 0.15) is 0 Å². The molecule has 0 radical (unpaired) electrons. The standard InChI is InChI=1S/C24H23BrN2O2/c1-17(20-11-8-12-21(15-20)26-18(2)28)27(16-19-9-4-3-5-10-19)24(29)22-13-6-7-14-23(22)25/h3-15,17H,16H2,1-2H3,(H,26,28). The largest absolute Gasteiger partial charge is 0.328 e. The van der Waals surface area contributed by atoms with Crippen molar-refractivity contribution in [1.29, 1.82) is 0 Å². The van der Waals surface area contributed by atoms with E-state index in [0.29, 0.717) is 12.1 Å². The summed E-state index contributed by atoms with van der Waals surface area (Å²) in [5.74, 6) is -0.181. The van der Waals surface area contributed by atoms with E-state index in [-0.39, 0.29) is 17.9 Å². The Bertz CT molecular complexity index is 1000. The molecule has 0 fully saturated rings. The molecule has 5 heteroatoms. The second-order valence-corrected chi connectivity index (χ2v) is 7.74. The molecule has 1 atom stereocenters. The molecule has 3 aromatic rings. The molecule has 0 aliphatic carbocycles. The van der Waals surface area contributed by atoms with Crippen LogP contribution in [0.2, 0.25) is 0 Å². The number of anilines is 1. The van der Waals surface area contributed by atoms with Gasteiger partial charge in [-0.1, -0.05) is 54.6 Å². The maximum Gasteiger partial charge on any atom is 0.255 e. The first-order valence-corrected chi connectivity index (χ1v) is 10.2. The highest BCUT2D eigenvalue weighted by Crippen LogP contribution is 2.28. The van der Waals surface area contributed by atoms with Gasteiger partial charge in [-0.05, 0) is 58.2 Å². The molecule has 148 valence electrons. The summed E-state index contributed by atoms with van der Waals surface area (Å²) in [6.45, 7) is 3.96. The first-order chi connectivity index (χ1) is 14.0. The lowest BCUT2D eigenvalue weighted by molar-refractivity contribution is -0.114. The van der Waals surface area contributed by atoms with Crippen LogP contribution in [0.5, 0.6) is 0 Å². The molecule has 0 saturated heterocycles. The van der Waals surface area contributed by atoms with Gasteiger partial charge >= 0.3 is 0 Å². The number of nitrogens with one attached hydrogen (secondary N) is 1. The summed E-state index contributed by atoms with van der Waals surface area (Å²) < 4.78 is 0.766. The normalized spacial score (nSPS) is 11.6. The van der Waals surface area contributed by atoms with Crippen molar-refractivity contribution in [2.24, 2.45) is 0 Å². The van der Waals surface area contributed by atoms with Gasteiger partial charge < -0.3 is 10.2 Å². The fraction of sp³-hybridized carbons (Fsp3) is 0.167. The molecule has 0 bridgehead atoms. The Morgan fingerprint density at radius 2 is 1.66 bits per heavy atom. The van der Waals surface area contributed by atoms with Gasteiger partial charge in [0.15, 0.2) is 0 Å². The van der Waals surface area contributed by atoms with Gasteiger partial charge in [-0.25, -0.2) is 0 Å². The minimum atomic E-state index is -0.191. The fourth-order valence-electron chi connectivity index (χ4n) is 3.21. The Labute approximate surface area is 179 Å². The van der Waals surface area contributed by atoms with Crippen molar-refractivity contribution in [3.63, 3.8) is 0 Å². The molecular formula is C24H23BrN2O2. The van der Waals surface area contributed by atoms with Crippen LogP contribution in [0.4, 0.5) is 5.69 Å². The van der Waals surface area contributed by atoms with Gasteiger partial charge in [0.25, 0.3) is 5.91 Å². The summed E-state index contributed by atoms with van der Waals surface area (Å²) in [5, 5.41) is 2.81. The highest BCUT2D eigenvalue weighted by molar-refractivity contribution is 9.10. The van der Waals surface area contributed by atoms with Crippen LogP contribution in [-0.2, 0) is 11.3 Å². The molecule has 0 aliphatic rings. The number of halogens is 1. The first kappa shape index (κ1) is 20.8. The maximum absolute atomic E-state index is 13.5. The quantitative estimate of drug-likeness (QED) is 0.514. The van der Waals surface area contributed by atoms with Gasteiger partial charge in [-0.3, -0.25) is 9.59 Å².